The first-order chi connectivity index (χ1) is 8.86. The van der Waals surface area contributed by atoms with Gasteiger partial charge >= 0.3 is 0 Å². The van der Waals surface area contributed by atoms with Crippen molar-refractivity contribution in [2.24, 2.45) is 11.7 Å². The zero-order valence-corrected chi connectivity index (χ0v) is 10.5. The van der Waals surface area contributed by atoms with E-state index in [2.05, 4.69) is 17.4 Å². The van der Waals surface area contributed by atoms with Gasteiger partial charge in [0, 0.05) is 6.04 Å². The van der Waals surface area contributed by atoms with Gasteiger partial charge in [-0.25, -0.2) is 0 Å². The average Bonchev–Trinajstić information content (AvgIpc) is 2.47. The number of rotatable bonds is 2. The third kappa shape index (κ3) is 2.31. The summed E-state index contributed by atoms with van der Waals surface area (Å²) in [4.78, 5) is 0. The summed E-state index contributed by atoms with van der Waals surface area (Å²) in [5.74, 6) is 2.36. The Labute approximate surface area is 107 Å². The number of nitrogens with two attached hydrogens (primary N) is 1. The molecule has 2 atom stereocenters. The smallest absolute Gasteiger partial charge is 0.161 e. The van der Waals surface area contributed by atoms with Crippen molar-refractivity contribution >= 4 is 0 Å². The molecule has 4 heteroatoms. The third-order valence-corrected chi connectivity index (χ3v) is 3.82. The quantitative estimate of drug-likeness (QED) is 0.832. The maximum Gasteiger partial charge on any atom is 0.161 e. The number of nitrogens with one attached hydrogen (secondary N) is 1. The predicted octanol–water partition coefficient (Wildman–Crippen LogP) is 1.46. The Bertz CT molecular complexity index is 414. The lowest BCUT2D eigenvalue weighted by molar-refractivity contribution is 0.171. The molecule has 4 nitrogen and oxygen atoms in total. The van der Waals surface area contributed by atoms with Gasteiger partial charge < -0.3 is 20.5 Å². The van der Waals surface area contributed by atoms with Crippen LogP contribution in [0, 0.1) is 5.92 Å². The normalized spacial score (nSPS) is 26.9. The Hall–Kier alpha value is -1.26. The molecule has 0 aliphatic carbocycles. The highest BCUT2D eigenvalue weighted by Gasteiger charge is 2.22. The molecule has 0 spiro atoms. The summed E-state index contributed by atoms with van der Waals surface area (Å²) in [6.45, 7) is 3.08. The maximum absolute atomic E-state index is 5.70. The third-order valence-electron chi connectivity index (χ3n) is 3.82. The second-order valence-corrected chi connectivity index (χ2v) is 5.04. The van der Waals surface area contributed by atoms with E-state index >= 15 is 0 Å². The molecule has 1 fully saturated rings. The second kappa shape index (κ2) is 5.16. The van der Waals surface area contributed by atoms with Crippen LogP contribution in [0.5, 0.6) is 11.5 Å². The molecule has 0 radical (unpaired) electrons. The minimum Gasteiger partial charge on any atom is -0.486 e. The van der Waals surface area contributed by atoms with Crippen LogP contribution in [-0.4, -0.2) is 26.3 Å². The number of hydrogen-bond donors (Lipinski definition) is 2. The number of hydrogen-bond acceptors (Lipinski definition) is 4. The molecular weight excluding hydrogens is 228 g/mol. The van der Waals surface area contributed by atoms with Crippen LogP contribution in [0.3, 0.4) is 0 Å². The van der Waals surface area contributed by atoms with Crippen LogP contribution in [-0.2, 0) is 0 Å². The average molecular weight is 248 g/mol. The second-order valence-electron chi connectivity index (χ2n) is 5.04. The largest absolute Gasteiger partial charge is 0.486 e. The van der Waals surface area contributed by atoms with Gasteiger partial charge in [-0.2, -0.15) is 0 Å². The number of fused-ring (bicyclic) bond motifs is 1. The highest BCUT2D eigenvalue weighted by molar-refractivity contribution is 5.44. The van der Waals surface area contributed by atoms with E-state index in [0.717, 1.165) is 31.0 Å². The van der Waals surface area contributed by atoms with Crippen molar-refractivity contribution in [3.63, 3.8) is 0 Å². The van der Waals surface area contributed by atoms with E-state index < -0.39 is 0 Å². The molecule has 1 aromatic carbocycles. The van der Waals surface area contributed by atoms with E-state index in [4.69, 9.17) is 15.2 Å². The summed E-state index contributed by atoms with van der Waals surface area (Å²) >= 11 is 0. The minimum absolute atomic E-state index is 0.420. The van der Waals surface area contributed by atoms with Crippen molar-refractivity contribution in [1.82, 2.24) is 5.32 Å². The van der Waals surface area contributed by atoms with Gasteiger partial charge in [-0.3, -0.25) is 0 Å². The van der Waals surface area contributed by atoms with Crippen molar-refractivity contribution in [1.29, 1.82) is 0 Å². The van der Waals surface area contributed by atoms with Gasteiger partial charge in [-0.1, -0.05) is 6.07 Å². The van der Waals surface area contributed by atoms with E-state index in [-0.39, 0.29) is 0 Å². The minimum atomic E-state index is 0.420. The summed E-state index contributed by atoms with van der Waals surface area (Å²) in [6.07, 6.45) is 2.34. The number of ether oxygens (including phenoxy) is 2. The van der Waals surface area contributed by atoms with Gasteiger partial charge in [-0.15, -0.1) is 0 Å². The van der Waals surface area contributed by atoms with E-state index in [9.17, 15) is 0 Å². The SMILES string of the molecule is NCC1CCC(c2ccc3c(c2)OCCO3)NC1. The molecular formula is C14H20N2O2. The van der Waals surface area contributed by atoms with Gasteiger partial charge in [-0.05, 0) is 49.5 Å². The van der Waals surface area contributed by atoms with Crippen LogP contribution in [0.2, 0.25) is 0 Å². The fourth-order valence-corrected chi connectivity index (χ4v) is 2.68. The molecule has 2 heterocycles. The maximum atomic E-state index is 5.70. The van der Waals surface area contributed by atoms with Crippen LogP contribution in [0.1, 0.15) is 24.4 Å². The molecule has 3 rings (SSSR count). The van der Waals surface area contributed by atoms with Crippen LogP contribution in [0.25, 0.3) is 0 Å². The van der Waals surface area contributed by atoms with E-state index in [0.29, 0.717) is 25.2 Å². The first-order valence-electron chi connectivity index (χ1n) is 6.70. The summed E-state index contributed by atoms with van der Waals surface area (Å²) in [7, 11) is 0. The summed E-state index contributed by atoms with van der Waals surface area (Å²) < 4.78 is 11.2. The Morgan fingerprint density at radius 2 is 2.00 bits per heavy atom. The zero-order chi connectivity index (χ0) is 12.4. The lowest BCUT2D eigenvalue weighted by Crippen LogP contribution is -2.36. The number of benzene rings is 1. The predicted molar refractivity (Wildman–Crippen MR) is 70.0 cm³/mol. The molecule has 0 aromatic heterocycles. The fourth-order valence-electron chi connectivity index (χ4n) is 2.68. The zero-order valence-electron chi connectivity index (χ0n) is 10.5. The molecule has 0 saturated carbocycles. The van der Waals surface area contributed by atoms with Crippen molar-refractivity contribution in [2.45, 2.75) is 18.9 Å². The highest BCUT2D eigenvalue weighted by Crippen LogP contribution is 2.34. The molecule has 2 aliphatic heterocycles. The first kappa shape index (κ1) is 11.8. The Kier molecular flexibility index (Phi) is 3.39. The summed E-state index contributed by atoms with van der Waals surface area (Å²) in [5.41, 5.74) is 6.99. The van der Waals surface area contributed by atoms with E-state index in [1.165, 1.54) is 12.0 Å². The van der Waals surface area contributed by atoms with Crippen LogP contribution >= 0.6 is 0 Å². The summed E-state index contributed by atoms with van der Waals surface area (Å²) in [5, 5.41) is 3.57. The van der Waals surface area contributed by atoms with Gasteiger partial charge in [0.1, 0.15) is 13.2 Å². The Morgan fingerprint density at radius 1 is 1.17 bits per heavy atom. The van der Waals surface area contributed by atoms with Crippen LogP contribution in [0.4, 0.5) is 0 Å². The molecule has 1 aromatic rings. The molecule has 0 bridgehead atoms. The van der Waals surface area contributed by atoms with Crippen LogP contribution in [0.15, 0.2) is 18.2 Å². The van der Waals surface area contributed by atoms with E-state index in [1.54, 1.807) is 0 Å². The highest BCUT2D eigenvalue weighted by atomic mass is 16.6. The standard InChI is InChI=1S/C14H20N2O2/c15-8-10-1-3-12(16-9-10)11-2-4-13-14(7-11)18-6-5-17-13/h2,4,7,10,12,16H,1,3,5-6,8-9,15H2. The van der Waals surface area contributed by atoms with Crippen molar-refractivity contribution < 1.29 is 9.47 Å². The van der Waals surface area contributed by atoms with Crippen molar-refractivity contribution in [3.8, 4) is 11.5 Å². The lowest BCUT2D eigenvalue weighted by atomic mass is 9.91. The molecule has 3 N–H and O–H groups in total. The monoisotopic (exact) mass is 248 g/mol. The fraction of sp³-hybridized carbons (Fsp3) is 0.571. The number of piperidine rings is 1. The van der Waals surface area contributed by atoms with Crippen molar-refractivity contribution in [3.05, 3.63) is 23.8 Å². The topological polar surface area (TPSA) is 56.5 Å². The van der Waals surface area contributed by atoms with Gasteiger partial charge in [0.25, 0.3) is 0 Å². The molecule has 98 valence electrons. The molecule has 2 aliphatic rings. The first-order valence-corrected chi connectivity index (χ1v) is 6.70. The van der Waals surface area contributed by atoms with Gasteiger partial charge in [0.2, 0.25) is 0 Å². The van der Waals surface area contributed by atoms with Crippen LogP contribution < -0.4 is 20.5 Å². The molecule has 0 amide bonds. The molecule has 2 unspecified atom stereocenters. The lowest BCUT2D eigenvalue weighted by Gasteiger charge is -2.30. The molecule has 1 saturated heterocycles. The van der Waals surface area contributed by atoms with Gasteiger partial charge in [0.05, 0.1) is 0 Å². The Morgan fingerprint density at radius 3 is 2.72 bits per heavy atom. The Balaban J connectivity index is 1.73. The van der Waals surface area contributed by atoms with Gasteiger partial charge in [0.15, 0.2) is 11.5 Å². The van der Waals surface area contributed by atoms with Crippen molar-refractivity contribution in [2.75, 3.05) is 26.3 Å². The molecule has 18 heavy (non-hydrogen) atoms. The van der Waals surface area contributed by atoms with E-state index in [1.807, 2.05) is 6.07 Å². The summed E-state index contributed by atoms with van der Waals surface area (Å²) in [6, 6.07) is 6.67.